The molecule has 0 aliphatic carbocycles. The third-order valence-electron chi connectivity index (χ3n) is 4.11. The molecule has 2 heterocycles. The molecule has 0 unspecified atom stereocenters. The Morgan fingerprint density at radius 3 is 2.68 bits per heavy atom. The van der Waals surface area contributed by atoms with Gasteiger partial charge in [-0.1, -0.05) is 12.1 Å². The number of rotatable bonds is 9. The first kappa shape index (κ1) is 19.3. The SMILES string of the molecule is COc1cc(CNCCc2cccnc2)ccc1Oc1ccc(C(N)=O)cn1. The van der Waals surface area contributed by atoms with Crippen molar-refractivity contribution in [2.24, 2.45) is 5.73 Å². The number of primary amides is 1. The van der Waals surface area contributed by atoms with Gasteiger partial charge in [-0.25, -0.2) is 4.98 Å². The van der Waals surface area contributed by atoms with Gasteiger partial charge in [-0.2, -0.15) is 0 Å². The Labute approximate surface area is 163 Å². The van der Waals surface area contributed by atoms with E-state index in [1.54, 1.807) is 25.4 Å². The molecule has 1 amide bonds. The summed E-state index contributed by atoms with van der Waals surface area (Å²) in [5.74, 6) is 0.968. The van der Waals surface area contributed by atoms with Crippen LogP contribution in [0, 0.1) is 0 Å². The third kappa shape index (κ3) is 5.28. The van der Waals surface area contributed by atoms with Crippen molar-refractivity contribution in [3.05, 3.63) is 77.7 Å². The van der Waals surface area contributed by atoms with Crippen molar-refractivity contribution in [3.63, 3.8) is 0 Å². The summed E-state index contributed by atoms with van der Waals surface area (Å²) < 4.78 is 11.2. The van der Waals surface area contributed by atoms with Crippen LogP contribution in [-0.4, -0.2) is 29.5 Å². The third-order valence-corrected chi connectivity index (χ3v) is 4.11. The lowest BCUT2D eigenvalue weighted by atomic mass is 10.2. The van der Waals surface area contributed by atoms with Gasteiger partial charge in [0.1, 0.15) is 0 Å². The van der Waals surface area contributed by atoms with Crippen LogP contribution in [0.4, 0.5) is 0 Å². The number of nitrogens with one attached hydrogen (secondary N) is 1. The Bertz CT molecular complexity index is 915. The Morgan fingerprint density at radius 1 is 1.11 bits per heavy atom. The van der Waals surface area contributed by atoms with Gasteiger partial charge in [0.15, 0.2) is 11.5 Å². The summed E-state index contributed by atoms with van der Waals surface area (Å²) in [6.45, 7) is 1.56. The van der Waals surface area contributed by atoms with Crippen LogP contribution in [0.15, 0.2) is 61.1 Å². The van der Waals surface area contributed by atoms with E-state index < -0.39 is 5.91 Å². The van der Waals surface area contributed by atoms with Gasteiger partial charge in [0.25, 0.3) is 0 Å². The molecule has 3 aromatic rings. The van der Waals surface area contributed by atoms with E-state index in [2.05, 4.69) is 21.4 Å². The van der Waals surface area contributed by atoms with Crippen molar-refractivity contribution < 1.29 is 14.3 Å². The van der Waals surface area contributed by atoms with Gasteiger partial charge in [0.2, 0.25) is 11.8 Å². The maximum Gasteiger partial charge on any atom is 0.250 e. The monoisotopic (exact) mass is 378 g/mol. The smallest absolute Gasteiger partial charge is 0.250 e. The van der Waals surface area contributed by atoms with Gasteiger partial charge in [-0.15, -0.1) is 0 Å². The predicted octanol–water partition coefficient (Wildman–Crippen LogP) is 2.71. The number of nitrogens with zero attached hydrogens (tertiary/aromatic N) is 2. The van der Waals surface area contributed by atoms with Crippen molar-refractivity contribution in [2.75, 3.05) is 13.7 Å². The van der Waals surface area contributed by atoms with Crippen LogP contribution in [0.2, 0.25) is 0 Å². The maximum atomic E-state index is 11.1. The average molecular weight is 378 g/mol. The number of hydrogen-bond acceptors (Lipinski definition) is 6. The number of methoxy groups -OCH3 is 1. The van der Waals surface area contributed by atoms with Gasteiger partial charge in [0, 0.05) is 31.2 Å². The lowest BCUT2D eigenvalue weighted by Gasteiger charge is -2.12. The first-order chi connectivity index (χ1) is 13.7. The summed E-state index contributed by atoms with van der Waals surface area (Å²) in [5, 5.41) is 3.41. The van der Waals surface area contributed by atoms with Crippen molar-refractivity contribution in [1.29, 1.82) is 0 Å². The fourth-order valence-electron chi connectivity index (χ4n) is 2.62. The van der Waals surface area contributed by atoms with Crippen molar-refractivity contribution in [2.45, 2.75) is 13.0 Å². The van der Waals surface area contributed by atoms with E-state index in [1.807, 2.05) is 30.5 Å². The molecule has 7 heteroatoms. The van der Waals surface area contributed by atoms with E-state index in [-0.39, 0.29) is 0 Å². The second kappa shape index (κ2) is 9.48. The van der Waals surface area contributed by atoms with Crippen LogP contribution in [0.25, 0.3) is 0 Å². The molecule has 3 rings (SSSR count). The summed E-state index contributed by atoms with van der Waals surface area (Å²) in [6.07, 6.45) is 5.94. The fraction of sp³-hybridized carbons (Fsp3) is 0.190. The van der Waals surface area contributed by atoms with Crippen LogP contribution in [-0.2, 0) is 13.0 Å². The molecule has 28 heavy (non-hydrogen) atoms. The van der Waals surface area contributed by atoms with Crippen LogP contribution in [0.3, 0.4) is 0 Å². The van der Waals surface area contributed by atoms with Crippen LogP contribution in [0.5, 0.6) is 17.4 Å². The highest BCUT2D eigenvalue weighted by Crippen LogP contribution is 2.31. The zero-order chi connectivity index (χ0) is 19.8. The number of aromatic nitrogens is 2. The number of nitrogens with two attached hydrogens (primary N) is 1. The van der Waals surface area contributed by atoms with Crippen molar-refractivity contribution in [1.82, 2.24) is 15.3 Å². The van der Waals surface area contributed by atoms with Crippen molar-refractivity contribution >= 4 is 5.91 Å². The first-order valence-corrected chi connectivity index (χ1v) is 8.86. The molecule has 1 aromatic carbocycles. The van der Waals surface area contributed by atoms with Crippen molar-refractivity contribution in [3.8, 4) is 17.4 Å². The number of benzene rings is 1. The number of carbonyl (C=O) groups is 1. The molecule has 0 fully saturated rings. The van der Waals surface area contributed by atoms with Crippen LogP contribution in [0.1, 0.15) is 21.5 Å². The minimum absolute atomic E-state index is 0.326. The highest BCUT2D eigenvalue weighted by molar-refractivity contribution is 5.92. The molecular weight excluding hydrogens is 356 g/mol. The van der Waals surface area contributed by atoms with Crippen LogP contribution >= 0.6 is 0 Å². The van der Waals surface area contributed by atoms with Gasteiger partial charge < -0.3 is 20.5 Å². The minimum atomic E-state index is -0.531. The Hall–Kier alpha value is -3.45. The van der Waals surface area contributed by atoms with Gasteiger partial charge in [-0.3, -0.25) is 9.78 Å². The highest BCUT2D eigenvalue weighted by atomic mass is 16.5. The lowest BCUT2D eigenvalue weighted by molar-refractivity contribution is 0.1000. The molecule has 0 atom stereocenters. The summed E-state index contributed by atoms with van der Waals surface area (Å²) in [4.78, 5) is 19.3. The molecule has 144 valence electrons. The summed E-state index contributed by atoms with van der Waals surface area (Å²) in [5.41, 5.74) is 7.82. The van der Waals surface area contributed by atoms with E-state index >= 15 is 0 Å². The molecular formula is C21H22N4O3. The molecule has 0 aliphatic heterocycles. The topological polar surface area (TPSA) is 99.4 Å². The number of ether oxygens (including phenoxy) is 2. The molecule has 0 saturated carbocycles. The number of hydrogen-bond donors (Lipinski definition) is 2. The Kier molecular flexibility index (Phi) is 6.54. The molecule has 0 radical (unpaired) electrons. The number of carbonyl (C=O) groups excluding carboxylic acids is 1. The minimum Gasteiger partial charge on any atom is -0.493 e. The van der Waals surface area contributed by atoms with E-state index in [0.717, 1.165) is 18.5 Å². The fourth-order valence-corrected chi connectivity index (χ4v) is 2.62. The lowest BCUT2D eigenvalue weighted by Crippen LogP contribution is -2.16. The van der Waals surface area contributed by atoms with Gasteiger partial charge >= 0.3 is 0 Å². The zero-order valence-corrected chi connectivity index (χ0v) is 15.6. The van der Waals surface area contributed by atoms with Gasteiger partial charge in [0.05, 0.1) is 12.7 Å². The van der Waals surface area contributed by atoms with Gasteiger partial charge in [-0.05, 0) is 48.4 Å². The van der Waals surface area contributed by atoms with E-state index in [1.165, 1.54) is 11.8 Å². The molecule has 0 aliphatic rings. The quantitative estimate of drug-likeness (QED) is 0.556. The number of amides is 1. The summed E-state index contributed by atoms with van der Waals surface area (Å²) >= 11 is 0. The molecule has 7 nitrogen and oxygen atoms in total. The van der Waals surface area contributed by atoms with Crippen LogP contribution < -0.4 is 20.5 Å². The number of pyridine rings is 2. The van der Waals surface area contributed by atoms with E-state index in [4.69, 9.17) is 15.2 Å². The normalized spacial score (nSPS) is 10.5. The van der Waals surface area contributed by atoms with E-state index in [9.17, 15) is 4.79 Å². The molecule has 2 aromatic heterocycles. The molecule has 0 spiro atoms. The van der Waals surface area contributed by atoms with E-state index in [0.29, 0.717) is 29.5 Å². The summed E-state index contributed by atoms with van der Waals surface area (Å²) in [6, 6.07) is 12.9. The standard InChI is InChI=1S/C21H22N4O3/c1-27-19-11-16(13-24-10-8-15-3-2-9-23-12-15)4-6-18(19)28-20-7-5-17(14-25-20)21(22)26/h2-7,9,11-12,14,24H,8,10,13H2,1H3,(H2,22,26). The first-order valence-electron chi connectivity index (χ1n) is 8.86. The molecule has 3 N–H and O–H groups in total. The zero-order valence-electron chi connectivity index (χ0n) is 15.6. The Morgan fingerprint density at radius 2 is 2.00 bits per heavy atom. The predicted molar refractivity (Wildman–Crippen MR) is 105 cm³/mol. The maximum absolute atomic E-state index is 11.1. The highest BCUT2D eigenvalue weighted by Gasteiger charge is 2.09. The molecule has 0 bridgehead atoms. The largest absolute Gasteiger partial charge is 0.493 e. The average Bonchev–Trinajstić information content (AvgIpc) is 2.73. The Balaban J connectivity index is 1.57. The summed E-state index contributed by atoms with van der Waals surface area (Å²) in [7, 11) is 1.59. The molecule has 0 saturated heterocycles. The second-order valence-corrected chi connectivity index (χ2v) is 6.12. The second-order valence-electron chi connectivity index (χ2n) is 6.12.